The summed E-state index contributed by atoms with van der Waals surface area (Å²) in [6.07, 6.45) is 16.3. The highest BCUT2D eigenvalue weighted by molar-refractivity contribution is 5.84. The zero-order valence-corrected chi connectivity index (χ0v) is 20.8. The Kier molecular flexibility index (Phi) is 6.52. The van der Waals surface area contributed by atoms with E-state index in [1.807, 2.05) is 6.33 Å². The maximum Gasteiger partial charge on any atom is 0.227 e. The van der Waals surface area contributed by atoms with E-state index in [1.165, 1.54) is 32.1 Å². The van der Waals surface area contributed by atoms with E-state index in [4.69, 9.17) is 20.7 Å². The van der Waals surface area contributed by atoms with Crippen LogP contribution in [0.5, 0.6) is 0 Å². The van der Waals surface area contributed by atoms with Crippen LogP contribution in [0.4, 0.5) is 11.8 Å². The molecule has 9 nitrogen and oxygen atoms in total. The molecular weight excluding hydrogens is 440 g/mol. The molecule has 0 aromatic carbocycles. The van der Waals surface area contributed by atoms with Gasteiger partial charge in [0.25, 0.3) is 0 Å². The minimum absolute atomic E-state index is 0.281. The third-order valence-electron chi connectivity index (χ3n) is 8.85. The molecule has 0 unspecified atom stereocenters. The number of imidazole rings is 1. The van der Waals surface area contributed by atoms with Gasteiger partial charge in [-0.1, -0.05) is 19.3 Å². The number of amides is 1. The van der Waals surface area contributed by atoms with Crippen LogP contribution in [0.2, 0.25) is 0 Å². The molecule has 3 saturated carbocycles. The number of hydrogen-bond donors (Lipinski definition) is 3. The number of anilines is 2. The van der Waals surface area contributed by atoms with Crippen LogP contribution in [0.3, 0.4) is 0 Å². The number of piperidine rings is 1. The standard InChI is InChI=1S/C26H40N8O/c27-18-8-10-19(11-9-18)30-26-31-23(22-24(32-26)34(16-28-22)21-6-1-2-7-21)29-20-12-14-33(15-13-20)25(35)17-4-3-5-17/h16-21H,1-15,27H2,(H2,29,30,31,32)/t18-,19-. The summed E-state index contributed by atoms with van der Waals surface area (Å²) in [5.41, 5.74) is 7.91. The molecular formula is C26H40N8O. The Bertz CT molecular complexity index is 1030. The Hall–Kier alpha value is -2.42. The summed E-state index contributed by atoms with van der Waals surface area (Å²) >= 11 is 0. The van der Waals surface area contributed by atoms with Gasteiger partial charge in [0.05, 0.1) is 6.33 Å². The average Bonchev–Trinajstić information content (AvgIpc) is 3.50. The van der Waals surface area contributed by atoms with Gasteiger partial charge < -0.3 is 25.8 Å². The van der Waals surface area contributed by atoms with Crippen LogP contribution < -0.4 is 16.4 Å². The third-order valence-corrected chi connectivity index (χ3v) is 8.85. The number of rotatable bonds is 6. The van der Waals surface area contributed by atoms with Gasteiger partial charge in [0.1, 0.15) is 0 Å². The second-order valence-corrected chi connectivity index (χ2v) is 11.3. The Morgan fingerprint density at radius 2 is 1.57 bits per heavy atom. The topological polar surface area (TPSA) is 114 Å². The number of hydrogen-bond acceptors (Lipinski definition) is 7. The number of carbonyl (C=O) groups excluding carboxylic acids is 1. The van der Waals surface area contributed by atoms with E-state index in [-0.39, 0.29) is 12.0 Å². The molecule has 4 aliphatic rings. The fourth-order valence-corrected chi connectivity index (χ4v) is 6.33. The first-order valence-corrected chi connectivity index (χ1v) is 14.0. The molecule has 4 N–H and O–H groups in total. The molecule has 6 rings (SSSR count). The summed E-state index contributed by atoms with van der Waals surface area (Å²) in [7, 11) is 0. The summed E-state index contributed by atoms with van der Waals surface area (Å²) in [5, 5.41) is 7.32. The van der Waals surface area contributed by atoms with Gasteiger partial charge in [-0.25, -0.2) is 4.98 Å². The van der Waals surface area contributed by atoms with Gasteiger partial charge in [0.2, 0.25) is 11.9 Å². The lowest BCUT2D eigenvalue weighted by Crippen LogP contribution is -2.46. The van der Waals surface area contributed by atoms with E-state index >= 15 is 0 Å². The Morgan fingerprint density at radius 1 is 0.857 bits per heavy atom. The number of fused-ring (bicyclic) bond motifs is 1. The summed E-state index contributed by atoms with van der Waals surface area (Å²) < 4.78 is 2.27. The number of nitrogens with zero attached hydrogens (tertiary/aromatic N) is 5. The summed E-state index contributed by atoms with van der Waals surface area (Å²) in [5.74, 6) is 2.17. The number of carbonyl (C=O) groups is 1. The van der Waals surface area contributed by atoms with E-state index in [0.29, 0.717) is 30.0 Å². The fraction of sp³-hybridized carbons (Fsp3) is 0.769. The van der Waals surface area contributed by atoms with E-state index in [2.05, 4.69) is 20.1 Å². The number of likely N-dealkylation sites (tertiary alicyclic amines) is 1. The maximum atomic E-state index is 12.7. The van der Waals surface area contributed by atoms with E-state index < -0.39 is 0 Å². The molecule has 0 atom stereocenters. The Labute approximate surface area is 207 Å². The lowest BCUT2D eigenvalue weighted by atomic mass is 9.84. The molecule has 1 aliphatic heterocycles. The SMILES string of the molecule is N[C@H]1CC[C@H](Nc2nc(NC3CCN(C(=O)C4CCC4)CC3)c3ncn(C4CCCC4)c3n2)CC1. The molecule has 1 saturated heterocycles. The van der Waals surface area contributed by atoms with Gasteiger partial charge in [-0.15, -0.1) is 0 Å². The normalized spacial score (nSPS) is 26.7. The van der Waals surface area contributed by atoms with Crippen LogP contribution in [0, 0.1) is 5.92 Å². The van der Waals surface area contributed by atoms with Crippen molar-refractivity contribution in [3.8, 4) is 0 Å². The van der Waals surface area contributed by atoms with Crippen molar-refractivity contribution in [2.75, 3.05) is 23.7 Å². The summed E-state index contributed by atoms with van der Waals surface area (Å²) in [4.78, 5) is 29.4. The van der Waals surface area contributed by atoms with Crippen molar-refractivity contribution in [3.63, 3.8) is 0 Å². The zero-order valence-electron chi connectivity index (χ0n) is 20.8. The van der Waals surface area contributed by atoms with Gasteiger partial charge in [0, 0.05) is 43.2 Å². The van der Waals surface area contributed by atoms with Gasteiger partial charge in [0.15, 0.2) is 17.0 Å². The van der Waals surface area contributed by atoms with E-state index in [1.54, 1.807) is 0 Å². The summed E-state index contributed by atoms with van der Waals surface area (Å²) in [6, 6.07) is 1.45. The third kappa shape index (κ3) is 4.84. The highest BCUT2D eigenvalue weighted by atomic mass is 16.2. The largest absolute Gasteiger partial charge is 0.365 e. The Morgan fingerprint density at radius 3 is 2.26 bits per heavy atom. The van der Waals surface area contributed by atoms with Gasteiger partial charge in [-0.2, -0.15) is 9.97 Å². The number of nitrogens with one attached hydrogen (secondary N) is 2. The van der Waals surface area contributed by atoms with Crippen molar-refractivity contribution in [2.24, 2.45) is 11.7 Å². The maximum absolute atomic E-state index is 12.7. The molecule has 190 valence electrons. The predicted octanol–water partition coefficient (Wildman–Crippen LogP) is 3.83. The van der Waals surface area contributed by atoms with Gasteiger partial charge in [-0.05, 0) is 64.2 Å². The van der Waals surface area contributed by atoms with Crippen LogP contribution in [0.1, 0.15) is 89.5 Å². The average molecular weight is 481 g/mol. The Balaban J connectivity index is 1.20. The van der Waals surface area contributed by atoms with Gasteiger partial charge in [-0.3, -0.25) is 4.79 Å². The molecule has 9 heteroatoms. The number of nitrogens with two attached hydrogens (primary N) is 1. The minimum atomic E-state index is 0.281. The van der Waals surface area contributed by atoms with E-state index in [9.17, 15) is 4.79 Å². The van der Waals surface area contributed by atoms with E-state index in [0.717, 1.165) is 81.4 Å². The first kappa shape index (κ1) is 23.0. The molecule has 2 aromatic heterocycles. The van der Waals surface area contributed by atoms with Crippen LogP contribution in [0.15, 0.2) is 6.33 Å². The second kappa shape index (κ2) is 9.91. The van der Waals surface area contributed by atoms with Crippen molar-refractivity contribution in [3.05, 3.63) is 6.33 Å². The smallest absolute Gasteiger partial charge is 0.227 e. The van der Waals surface area contributed by atoms with Crippen LogP contribution in [0.25, 0.3) is 11.2 Å². The zero-order chi connectivity index (χ0) is 23.8. The van der Waals surface area contributed by atoms with Crippen LogP contribution in [-0.4, -0.2) is 61.5 Å². The molecule has 35 heavy (non-hydrogen) atoms. The predicted molar refractivity (Wildman–Crippen MR) is 137 cm³/mol. The van der Waals surface area contributed by atoms with Crippen LogP contribution >= 0.6 is 0 Å². The molecule has 0 spiro atoms. The monoisotopic (exact) mass is 480 g/mol. The highest BCUT2D eigenvalue weighted by Crippen LogP contribution is 2.34. The molecule has 3 aliphatic carbocycles. The van der Waals surface area contributed by atoms with Crippen molar-refractivity contribution >= 4 is 28.8 Å². The molecule has 0 radical (unpaired) electrons. The first-order chi connectivity index (χ1) is 17.1. The fourth-order valence-electron chi connectivity index (χ4n) is 6.33. The first-order valence-electron chi connectivity index (χ1n) is 14.0. The van der Waals surface area contributed by atoms with Crippen molar-refractivity contribution in [1.82, 2.24) is 24.4 Å². The molecule has 0 bridgehead atoms. The lowest BCUT2D eigenvalue weighted by Gasteiger charge is -2.37. The second-order valence-electron chi connectivity index (χ2n) is 11.3. The molecule has 3 heterocycles. The number of aromatic nitrogens is 4. The minimum Gasteiger partial charge on any atom is -0.365 e. The lowest BCUT2D eigenvalue weighted by molar-refractivity contribution is -0.139. The molecule has 2 aromatic rings. The highest BCUT2D eigenvalue weighted by Gasteiger charge is 2.32. The van der Waals surface area contributed by atoms with Gasteiger partial charge >= 0.3 is 0 Å². The van der Waals surface area contributed by atoms with Crippen molar-refractivity contribution < 1.29 is 4.79 Å². The summed E-state index contributed by atoms with van der Waals surface area (Å²) in [6.45, 7) is 1.65. The molecule has 1 amide bonds. The quantitative estimate of drug-likeness (QED) is 0.576. The van der Waals surface area contributed by atoms with Crippen molar-refractivity contribution in [2.45, 2.75) is 108 Å². The molecule has 4 fully saturated rings. The van der Waals surface area contributed by atoms with Crippen LogP contribution in [-0.2, 0) is 4.79 Å². The van der Waals surface area contributed by atoms with Crippen molar-refractivity contribution in [1.29, 1.82) is 0 Å².